The molecule has 22 heavy (non-hydrogen) atoms. The molecule has 0 saturated heterocycles. The number of amides is 1. The average molecular weight is 317 g/mol. The van der Waals surface area contributed by atoms with Gasteiger partial charge in [0.25, 0.3) is 5.91 Å². The lowest BCUT2D eigenvalue weighted by molar-refractivity contribution is -0.142. The lowest BCUT2D eigenvalue weighted by atomic mass is 10.1. The Balaban J connectivity index is 2.91. The van der Waals surface area contributed by atoms with Crippen LogP contribution in [0, 0.1) is 0 Å². The predicted molar refractivity (Wildman–Crippen MR) is 70.0 cm³/mol. The van der Waals surface area contributed by atoms with Crippen molar-refractivity contribution in [2.75, 3.05) is 7.11 Å². The number of nitrogens with one attached hydrogen (secondary N) is 1. The first-order valence-corrected chi connectivity index (χ1v) is 6.20. The molecular weight excluding hydrogens is 303 g/mol. The van der Waals surface area contributed by atoms with Crippen LogP contribution in [0.2, 0.25) is 0 Å². The van der Waals surface area contributed by atoms with Gasteiger partial charge >= 0.3 is 12.1 Å². The van der Waals surface area contributed by atoms with Crippen LogP contribution in [-0.2, 0) is 20.5 Å². The van der Waals surface area contributed by atoms with Gasteiger partial charge in [-0.15, -0.1) is 0 Å². The molecule has 1 amide bonds. The van der Waals surface area contributed by atoms with Gasteiger partial charge in [-0.2, -0.15) is 13.2 Å². The van der Waals surface area contributed by atoms with E-state index in [1.807, 2.05) is 0 Å². The van der Waals surface area contributed by atoms with Gasteiger partial charge in [0.05, 0.1) is 25.1 Å². The lowest BCUT2D eigenvalue weighted by Crippen LogP contribution is -2.41. The van der Waals surface area contributed by atoms with E-state index in [1.54, 1.807) is 0 Å². The van der Waals surface area contributed by atoms with Gasteiger partial charge in [0, 0.05) is 5.56 Å². The summed E-state index contributed by atoms with van der Waals surface area (Å²) < 4.78 is 42.2. The van der Waals surface area contributed by atoms with Crippen LogP contribution < -0.4 is 5.32 Å². The van der Waals surface area contributed by atoms with Crippen molar-refractivity contribution in [2.45, 2.75) is 25.6 Å². The fourth-order valence-electron chi connectivity index (χ4n) is 1.62. The molecule has 0 aliphatic rings. The highest BCUT2D eigenvalue weighted by atomic mass is 19.4. The number of ketones is 1. The maximum atomic E-state index is 12.6. The molecule has 0 bridgehead atoms. The molecule has 1 aromatic carbocycles. The van der Waals surface area contributed by atoms with Crippen molar-refractivity contribution >= 4 is 17.7 Å². The zero-order valence-electron chi connectivity index (χ0n) is 11.9. The van der Waals surface area contributed by atoms with Gasteiger partial charge in [0.1, 0.15) is 0 Å². The number of halogens is 3. The Hall–Kier alpha value is -2.38. The van der Waals surface area contributed by atoms with E-state index in [2.05, 4.69) is 10.1 Å². The van der Waals surface area contributed by atoms with Crippen LogP contribution in [0.3, 0.4) is 0 Å². The van der Waals surface area contributed by atoms with Crippen molar-refractivity contribution in [3.05, 3.63) is 35.4 Å². The number of hydrogen-bond acceptors (Lipinski definition) is 4. The molecule has 1 N–H and O–H groups in total. The number of rotatable bonds is 5. The van der Waals surface area contributed by atoms with Crippen LogP contribution in [0.1, 0.15) is 29.3 Å². The molecule has 1 unspecified atom stereocenters. The summed E-state index contributed by atoms with van der Waals surface area (Å²) in [5.41, 5.74) is -1.24. The summed E-state index contributed by atoms with van der Waals surface area (Å²) in [5.74, 6) is -2.11. The number of benzene rings is 1. The molecule has 0 aliphatic carbocycles. The lowest BCUT2D eigenvalue weighted by Gasteiger charge is -2.15. The monoisotopic (exact) mass is 317 g/mol. The van der Waals surface area contributed by atoms with Crippen LogP contribution in [0.4, 0.5) is 13.2 Å². The fourth-order valence-corrected chi connectivity index (χ4v) is 1.62. The number of hydrogen-bond donors (Lipinski definition) is 1. The Morgan fingerprint density at radius 3 is 2.41 bits per heavy atom. The van der Waals surface area contributed by atoms with Gasteiger partial charge in [-0.3, -0.25) is 14.4 Å². The van der Waals surface area contributed by atoms with E-state index < -0.39 is 41.9 Å². The molecule has 5 nitrogen and oxygen atoms in total. The van der Waals surface area contributed by atoms with E-state index >= 15 is 0 Å². The second-order valence-electron chi connectivity index (χ2n) is 4.50. The van der Waals surface area contributed by atoms with Crippen LogP contribution >= 0.6 is 0 Å². The summed E-state index contributed by atoms with van der Waals surface area (Å²) in [5, 5.41) is 2.22. The number of esters is 1. The van der Waals surface area contributed by atoms with E-state index in [4.69, 9.17) is 0 Å². The smallest absolute Gasteiger partial charge is 0.416 e. The number of alkyl halides is 3. The number of Topliss-reactive ketones (excluding diaryl/α,β-unsaturated/α-hetero) is 1. The van der Waals surface area contributed by atoms with Crippen molar-refractivity contribution in [2.24, 2.45) is 0 Å². The van der Waals surface area contributed by atoms with Gasteiger partial charge in [-0.25, -0.2) is 0 Å². The summed E-state index contributed by atoms with van der Waals surface area (Å²) in [4.78, 5) is 34.5. The van der Waals surface area contributed by atoms with Crippen LogP contribution in [-0.4, -0.2) is 30.8 Å². The van der Waals surface area contributed by atoms with E-state index in [1.165, 1.54) is 6.07 Å². The number of methoxy groups -OCH3 is 1. The zero-order valence-corrected chi connectivity index (χ0v) is 11.9. The molecule has 0 radical (unpaired) electrons. The van der Waals surface area contributed by atoms with Crippen molar-refractivity contribution in [1.29, 1.82) is 0 Å². The van der Waals surface area contributed by atoms with Crippen LogP contribution in [0.15, 0.2) is 24.3 Å². The standard InChI is InChI=1S/C14H14F3NO4/c1-8(19)11(7-12(20)22-2)18-13(21)9-4-3-5-10(6-9)14(15,16)17/h3-6,11H,7H2,1-2H3,(H,18,21). The molecule has 0 fully saturated rings. The summed E-state index contributed by atoms with van der Waals surface area (Å²) in [7, 11) is 1.12. The first kappa shape index (κ1) is 17.7. The van der Waals surface area contributed by atoms with Crippen molar-refractivity contribution in [3.63, 3.8) is 0 Å². The van der Waals surface area contributed by atoms with Crippen molar-refractivity contribution in [1.82, 2.24) is 5.32 Å². The van der Waals surface area contributed by atoms with Gasteiger partial charge in [0.15, 0.2) is 5.78 Å². The Morgan fingerprint density at radius 1 is 1.27 bits per heavy atom. The molecule has 0 saturated carbocycles. The minimum atomic E-state index is -4.58. The van der Waals surface area contributed by atoms with E-state index in [0.29, 0.717) is 6.07 Å². The van der Waals surface area contributed by atoms with Gasteiger partial charge in [-0.1, -0.05) is 6.07 Å². The maximum absolute atomic E-state index is 12.6. The highest BCUT2D eigenvalue weighted by molar-refractivity contribution is 5.98. The highest BCUT2D eigenvalue weighted by Gasteiger charge is 2.31. The van der Waals surface area contributed by atoms with Crippen LogP contribution in [0.25, 0.3) is 0 Å². The Kier molecular flexibility index (Phi) is 5.67. The van der Waals surface area contributed by atoms with Crippen LogP contribution in [0.5, 0.6) is 0 Å². The number of ether oxygens (including phenoxy) is 1. The van der Waals surface area contributed by atoms with Gasteiger partial charge in [-0.05, 0) is 25.1 Å². The minimum absolute atomic E-state index is 0.258. The molecule has 0 heterocycles. The topological polar surface area (TPSA) is 72.5 Å². The first-order chi connectivity index (χ1) is 10.1. The van der Waals surface area contributed by atoms with E-state index in [9.17, 15) is 27.6 Å². The molecule has 0 aliphatic heterocycles. The number of carbonyl (C=O) groups is 3. The second kappa shape index (κ2) is 7.06. The average Bonchev–Trinajstić information content (AvgIpc) is 2.45. The summed E-state index contributed by atoms with van der Waals surface area (Å²) in [6.45, 7) is 1.15. The quantitative estimate of drug-likeness (QED) is 0.843. The first-order valence-electron chi connectivity index (χ1n) is 6.20. The van der Waals surface area contributed by atoms with Gasteiger partial charge in [0.2, 0.25) is 0 Å². The Morgan fingerprint density at radius 2 is 1.91 bits per heavy atom. The third kappa shape index (κ3) is 4.87. The normalized spacial score (nSPS) is 12.4. The van der Waals surface area contributed by atoms with Gasteiger partial charge < -0.3 is 10.1 Å². The summed E-state index contributed by atoms with van der Waals surface area (Å²) in [6, 6.07) is 2.61. The fraction of sp³-hybridized carbons (Fsp3) is 0.357. The predicted octanol–water partition coefficient (Wildman–Crippen LogP) is 1.96. The summed E-state index contributed by atoms with van der Waals surface area (Å²) >= 11 is 0. The third-order valence-electron chi connectivity index (χ3n) is 2.85. The molecule has 8 heteroatoms. The zero-order chi connectivity index (χ0) is 16.9. The number of carbonyl (C=O) groups excluding carboxylic acids is 3. The Bertz CT molecular complexity index is 584. The highest BCUT2D eigenvalue weighted by Crippen LogP contribution is 2.29. The molecule has 120 valence electrons. The summed E-state index contributed by atoms with van der Waals surface area (Å²) in [6.07, 6.45) is -4.97. The van der Waals surface area contributed by atoms with Crippen molar-refractivity contribution in [3.8, 4) is 0 Å². The molecule has 1 aromatic rings. The van der Waals surface area contributed by atoms with Crippen molar-refractivity contribution < 1.29 is 32.3 Å². The second-order valence-corrected chi connectivity index (χ2v) is 4.50. The maximum Gasteiger partial charge on any atom is 0.416 e. The third-order valence-corrected chi connectivity index (χ3v) is 2.85. The van der Waals surface area contributed by atoms with E-state index in [-0.39, 0.29) is 5.56 Å². The molecule has 0 spiro atoms. The molecule has 1 atom stereocenters. The van der Waals surface area contributed by atoms with E-state index in [0.717, 1.165) is 26.2 Å². The largest absolute Gasteiger partial charge is 0.469 e. The molecule has 0 aromatic heterocycles. The Labute approximate surface area is 124 Å². The molecular formula is C14H14F3NO4. The SMILES string of the molecule is COC(=O)CC(NC(=O)c1cccc(C(F)(F)F)c1)C(C)=O. The minimum Gasteiger partial charge on any atom is -0.469 e. The molecule has 1 rings (SSSR count).